The van der Waals surface area contributed by atoms with E-state index in [0.717, 1.165) is 16.9 Å². The van der Waals surface area contributed by atoms with Crippen molar-refractivity contribution in [2.75, 3.05) is 34.3 Å². The van der Waals surface area contributed by atoms with E-state index >= 15 is 0 Å². The summed E-state index contributed by atoms with van der Waals surface area (Å²) in [5, 5.41) is 8.10. The summed E-state index contributed by atoms with van der Waals surface area (Å²) in [5.74, 6) is 1.42. The van der Waals surface area contributed by atoms with Crippen LogP contribution in [0.5, 0.6) is 5.75 Å². The second-order valence-electron chi connectivity index (χ2n) is 5.93. The number of nitrogens with one attached hydrogen (secondary N) is 2. The molecule has 0 unspecified atom stereocenters. The van der Waals surface area contributed by atoms with Crippen LogP contribution in [0.15, 0.2) is 44.9 Å². The van der Waals surface area contributed by atoms with Crippen LogP contribution in [0.1, 0.15) is 11.1 Å². The van der Waals surface area contributed by atoms with Crippen molar-refractivity contribution < 1.29 is 13.2 Å². The number of hydrogen-bond donors (Lipinski definition) is 2. The number of rotatable bonds is 8. The minimum atomic E-state index is -3.43. The first-order chi connectivity index (χ1) is 12.9. The minimum absolute atomic E-state index is 0.328. The van der Waals surface area contributed by atoms with Gasteiger partial charge in [0, 0.05) is 39.3 Å². The molecule has 0 aliphatic heterocycles. The summed E-state index contributed by atoms with van der Waals surface area (Å²) in [6.07, 6.45) is 0. The van der Waals surface area contributed by atoms with Crippen LogP contribution in [-0.4, -0.2) is 53.0 Å². The van der Waals surface area contributed by atoms with Gasteiger partial charge in [-0.2, -0.15) is 4.31 Å². The van der Waals surface area contributed by atoms with E-state index in [0.29, 0.717) is 29.8 Å². The second-order valence-corrected chi connectivity index (χ2v) is 9.15. The van der Waals surface area contributed by atoms with Crippen LogP contribution in [0.25, 0.3) is 0 Å². The van der Waals surface area contributed by atoms with Crippen molar-refractivity contribution in [2.45, 2.75) is 17.7 Å². The normalized spacial score (nSPS) is 12.3. The summed E-state index contributed by atoms with van der Waals surface area (Å²) in [5.41, 5.74) is 2.15. The van der Waals surface area contributed by atoms with Crippen molar-refractivity contribution in [1.29, 1.82) is 0 Å². The Morgan fingerprint density at radius 2 is 2.07 bits per heavy atom. The summed E-state index contributed by atoms with van der Waals surface area (Å²) in [6, 6.07) is 9.36. The molecule has 0 saturated heterocycles. The lowest BCUT2D eigenvalue weighted by atomic mass is 10.1. The molecule has 0 atom stereocenters. The Labute approximate surface area is 165 Å². The van der Waals surface area contributed by atoms with Gasteiger partial charge in [0.05, 0.1) is 7.11 Å². The maximum absolute atomic E-state index is 12.4. The molecular formula is C18H26N4O3S2. The first-order valence-corrected chi connectivity index (χ1v) is 10.8. The topological polar surface area (TPSA) is 83.0 Å². The Morgan fingerprint density at radius 1 is 1.30 bits per heavy atom. The third-order valence-electron chi connectivity index (χ3n) is 3.99. The summed E-state index contributed by atoms with van der Waals surface area (Å²) in [6.45, 7) is 3.33. The molecule has 2 aromatic rings. The highest BCUT2D eigenvalue weighted by Gasteiger charge is 2.21. The summed E-state index contributed by atoms with van der Waals surface area (Å²) >= 11 is 1.21. The van der Waals surface area contributed by atoms with Crippen LogP contribution < -0.4 is 15.4 Å². The summed E-state index contributed by atoms with van der Waals surface area (Å²) in [7, 11) is 1.46. The number of aliphatic imine (C=N–C) groups is 1. The number of thiophene rings is 1. The Hall–Kier alpha value is -2.10. The average Bonchev–Trinajstić information content (AvgIpc) is 3.20. The Kier molecular flexibility index (Phi) is 7.64. The number of methoxy groups -OCH3 is 1. The molecule has 0 aliphatic rings. The molecule has 27 heavy (non-hydrogen) atoms. The smallest absolute Gasteiger partial charge is 0.252 e. The number of ether oxygens (including phenoxy) is 1. The van der Waals surface area contributed by atoms with Crippen LogP contribution in [-0.2, 0) is 16.6 Å². The zero-order valence-corrected chi connectivity index (χ0v) is 17.7. The van der Waals surface area contributed by atoms with Crippen LogP contribution in [0, 0.1) is 6.92 Å². The molecule has 0 amide bonds. The van der Waals surface area contributed by atoms with Crippen LogP contribution in [0.4, 0.5) is 0 Å². The molecule has 148 valence electrons. The molecule has 9 heteroatoms. The standard InChI is InChI=1S/C18H26N4O3S2/c1-14-7-8-15(16(12-14)25-4)13-21-18(19-2)20-9-10-22(3)27(23,24)17-6-5-11-26-17/h5-8,11-12H,9-10,13H2,1-4H3,(H2,19,20,21). The number of nitrogens with zero attached hydrogens (tertiary/aromatic N) is 2. The van der Waals surface area contributed by atoms with Gasteiger partial charge >= 0.3 is 0 Å². The fourth-order valence-corrected chi connectivity index (χ4v) is 4.79. The van der Waals surface area contributed by atoms with E-state index in [1.807, 2.05) is 25.1 Å². The number of likely N-dealkylation sites (N-methyl/N-ethyl adjacent to an activating group) is 1. The van der Waals surface area contributed by atoms with Crippen molar-refractivity contribution in [1.82, 2.24) is 14.9 Å². The Balaban J connectivity index is 1.86. The highest BCUT2D eigenvalue weighted by molar-refractivity contribution is 7.91. The van der Waals surface area contributed by atoms with Gasteiger partial charge in [0.15, 0.2) is 5.96 Å². The quantitative estimate of drug-likeness (QED) is 0.514. The highest BCUT2D eigenvalue weighted by Crippen LogP contribution is 2.20. The van der Waals surface area contributed by atoms with Gasteiger partial charge in [-0.25, -0.2) is 8.42 Å². The largest absolute Gasteiger partial charge is 0.496 e. The van der Waals surface area contributed by atoms with E-state index in [1.165, 1.54) is 15.6 Å². The average molecular weight is 411 g/mol. The minimum Gasteiger partial charge on any atom is -0.496 e. The Morgan fingerprint density at radius 3 is 2.70 bits per heavy atom. The lowest BCUT2D eigenvalue weighted by molar-refractivity contribution is 0.408. The monoisotopic (exact) mass is 410 g/mol. The first-order valence-electron chi connectivity index (χ1n) is 8.46. The molecule has 2 N–H and O–H groups in total. The van der Waals surface area contributed by atoms with Gasteiger partial charge in [-0.15, -0.1) is 11.3 Å². The van der Waals surface area contributed by atoms with E-state index in [-0.39, 0.29) is 0 Å². The SMILES string of the molecule is CN=C(NCCN(C)S(=O)(=O)c1cccs1)NCc1ccc(C)cc1OC. The number of guanidine groups is 1. The predicted octanol–water partition coefficient (Wildman–Crippen LogP) is 2.05. The first kappa shape index (κ1) is 21.2. The van der Waals surface area contributed by atoms with Crippen molar-refractivity contribution in [3.05, 3.63) is 46.8 Å². The molecule has 0 fully saturated rings. The fraction of sp³-hybridized carbons (Fsp3) is 0.389. The molecule has 0 radical (unpaired) electrons. The number of sulfonamides is 1. The molecule has 2 rings (SSSR count). The molecule has 0 saturated carbocycles. The predicted molar refractivity (Wildman–Crippen MR) is 110 cm³/mol. The lowest BCUT2D eigenvalue weighted by Crippen LogP contribution is -2.41. The molecule has 0 spiro atoms. The number of benzene rings is 1. The third kappa shape index (κ3) is 5.69. The number of hydrogen-bond acceptors (Lipinski definition) is 5. The fourth-order valence-electron chi connectivity index (χ4n) is 2.41. The summed E-state index contributed by atoms with van der Waals surface area (Å²) in [4.78, 5) is 4.17. The lowest BCUT2D eigenvalue weighted by Gasteiger charge is -2.18. The van der Waals surface area contributed by atoms with Crippen molar-refractivity contribution in [3.63, 3.8) is 0 Å². The zero-order chi connectivity index (χ0) is 19.9. The van der Waals surface area contributed by atoms with Crippen LogP contribution in [0.2, 0.25) is 0 Å². The third-order valence-corrected chi connectivity index (χ3v) is 7.22. The van der Waals surface area contributed by atoms with Gasteiger partial charge in [-0.3, -0.25) is 4.99 Å². The van der Waals surface area contributed by atoms with Crippen molar-refractivity contribution in [2.24, 2.45) is 4.99 Å². The van der Waals surface area contributed by atoms with Crippen molar-refractivity contribution in [3.8, 4) is 5.75 Å². The molecule has 1 heterocycles. The van der Waals surface area contributed by atoms with E-state index < -0.39 is 10.0 Å². The highest BCUT2D eigenvalue weighted by atomic mass is 32.2. The molecule has 1 aromatic heterocycles. The zero-order valence-electron chi connectivity index (χ0n) is 16.0. The second kappa shape index (κ2) is 9.72. The molecule has 1 aromatic carbocycles. The maximum atomic E-state index is 12.4. The Bertz CT molecular complexity index is 865. The van der Waals surface area contributed by atoms with Gasteiger partial charge in [0.1, 0.15) is 9.96 Å². The van der Waals surface area contributed by atoms with Gasteiger partial charge in [0.2, 0.25) is 0 Å². The van der Waals surface area contributed by atoms with Gasteiger partial charge in [0.25, 0.3) is 10.0 Å². The van der Waals surface area contributed by atoms with Gasteiger partial charge in [-0.1, -0.05) is 18.2 Å². The van der Waals surface area contributed by atoms with Crippen LogP contribution in [0.3, 0.4) is 0 Å². The van der Waals surface area contributed by atoms with E-state index in [9.17, 15) is 8.42 Å². The van der Waals surface area contributed by atoms with E-state index in [1.54, 1.807) is 38.7 Å². The maximum Gasteiger partial charge on any atom is 0.252 e. The summed E-state index contributed by atoms with van der Waals surface area (Å²) < 4.78 is 31.9. The molecule has 0 aliphatic carbocycles. The van der Waals surface area contributed by atoms with E-state index in [2.05, 4.69) is 15.6 Å². The van der Waals surface area contributed by atoms with Gasteiger partial charge < -0.3 is 15.4 Å². The van der Waals surface area contributed by atoms with Gasteiger partial charge in [-0.05, 0) is 30.0 Å². The molecule has 7 nitrogen and oxygen atoms in total. The van der Waals surface area contributed by atoms with E-state index in [4.69, 9.17) is 4.74 Å². The number of aryl methyl sites for hydroxylation is 1. The van der Waals surface area contributed by atoms with Crippen LogP contribution >= 0.6 is 11.3 Å². The van der Waals surface area contributed by atoms with Crippen molar-refractivity contribution >= 4 is 27.3 Å². The molecular weight excluding hydrogens is 384 g/mol. The molecule has 0 bridgehead atoms.